The van der Waals surface area contributed by atoms with E-state index in [2.05, 4.69) is 5.32 Å². The zero-order chi connectivity index (χ0) is 13.9. The number of rotatable bonds is 4. The Hall–Kier alpha value is -0.300. The van der Waals surface area contributed by atoms with E-state index in [1.807, 2.05) is 0 Å². The Kier molecular flexibility index (Phi) is 8.15. The van der Waals surface area contributed by atoms with Crippen LogP contribution in [0.25, 0.3) is 0 Å². The molecular formula is C11H20NNaO5. The van der Waals surface area contributed by atoms with Crippen molar-refractivity contribution >= 4 is 12.1 Å². The van der Waals surface area contributed by atoms with Crippen LogP contribution in [0.2, 0.25) is 0 Å². The molecule has 0 saturated heterocycles. The average Bonchev–Trinajstić information content (AvgIpc) is 2.10. The number of nitrogens with one attached hydrogen (secondary N) is 1. The molecule has 7 heteroatoms. The third-order valence-electron chi connectivity index (χ3n) is 2.06. The quantitative estimate of drug-likeness (QED) is 0.543. The van der Waals surface area contributed by atoms with Gasteiger partial charge >= 0.3 is 41.6 Å². The van der Waals surface area contributed by atoms with Crippen LogP contribution >= 0.6 is 0 Å². The summed E-state index contributed by atoms with van der Waals surface area (Å²) in [6.45, 7) is 7.36. The van der Waals surface area contributed by atoms with Gasteiger partial charge in [0.1, 0.15) is 11.6 Å². The number of aliphatic carboxylic acids is 1. The molecule has 0 spiro atoms. The molecule has 2 N–H and O–H groups in total. The molecule has 0 aliphatic heterocycles. The summed E-state index contributed by atoms with van der Waals surface area (Å²) in [6.07, 6.45) is -0.841. The van der Waals surface area contributed by atoms with Crippen LogP contribution in [0.4, 0.5) is 4.79 Å². The second-order valence-electron chi connectivity index (χ2n) is 5.55. The van der Waals surface area contributed by atoms with E-state index in [4.69, 9.17) is 9.84 Å². The SMILES string of the molecule is CC(C)(C)OC(=O)N[C@H](C(=O)O)C(C)(C)C[O-].[Na+]. The fourth-order valence-electron chi connectivity index (χ4n) is 1.10. The Labute approximate surface area is 129 Å². The van der Waals surface area contributed by atoms with E-state index in [1.54, 1.807) is 20.8 Å². The van der Waals surface area contributed by atoms with Gasteiger partial charge in [0.15, 0.2) is 0 Å². The molecule has 0 aliphatic carbocycles. The molecule has 0 aromatic carbocycles. The van der Waals surface area contributed by atoms with Crippen molar-refractivity contribution in [2.75, 3.05) is 6.61 Å². The van der Waals surface area contributed by atoms with Crippen LogP contribution < -0.4 is 40.0 Å². The van der Waals surface area contributed by atoms with Gasteiger partial charge in [-0.2, -0.15) is 0 Å². The Morgan fingerprint density at radius 3 is 2.00 bits per heavy atom. The van der Waals surface area contributed by atoms with Crippen LogP contribution in [0.3, 0.4) is 0 Å². The summed E-state index contributed by atoms with van der Waals surface area (Å²) >= 11 is 0. The van der Waals surface area contributed by atoms with Gasteiger partial charge in [-0.1, -0.05) is 13.8 Å². The molecule has 0 radical (unpaired) electrons. The number of carbonyl (C=O) groups is 2. The largest absolute Gasteiger partial charge is 1.00 e. The van der Waals surface area contributed by atoms with Gasteiger partial charge < -0.3 is 20.3 Å². The number of amides is 1. The minimum absolute atomic E-state index is 0. The Morgan fingerprint density at radius 1 is 1.28 bits per heavy atom. The Morgan fingerprint density at radius 2 is 1.72 bits per heavy atom. The molecule has 6 nitrogen and oxygen atoms in total. The number of carbonyl (C=O) groups excluding carboxylic acids is 1. The minimum atomic E-state index is -1.27. The molecule has 0 unspecified atom stereocenters. The van der Waals surface area contributed by atoms with Gasteiger partial charge in [0.05, 0.1) is 0 Å². The van der Waals surface area contributed by atoms with Crippen LogP contribution in [0, 0.1) is 5.41 Å². The molecule has 0 rings (SSSR count). The molecule has 0 bridgehead atoms. The van der Waals surface area contributed by atoms with Crippen molar-refractivity contribution in [3.05, 3.63) is 0 Å². The van der Waals surface area contributed by atoms with Crippen molar-refractivity contribution < 1.29 is 54.1 Å². The van der Waals surface area contributed by atoms with Crippen molar-refractivity contribution in [1.82, 2.24) is 5.32 Å². The number of hydrogen-bond acceptors (Lipinski definition) is 4. The smallest absolute Gasteiger partial charge is 0.854 e. The summed E-state index contributed by atoms with van der Waals surface area (Å²) in [4.78, 5) is 22.4. The molecule has 0 aromatic rings. The fraction of sp³-hybridized carbons (Fsp3) is 0.818. The van der Waals surface area contributed by atoms with Gasteiger partial charge in [0.25, 0.3) is 0 Å². The summed E-state index contributed by atoms with van der Waals surface area (Å²) in [5.41, 5.74) is -1.79. The predicted molar refractivity (Wildman–Crippen MR) is 59.4 cm³/mol. The van der Waals surface area contributed by atoms with Gasteiger partial charge in [-0.15, -0.1) is 6.61 Å². The summed E-state index contributed by atoms with van der Waals surface area (Å²) in [5, 5.41) is 22.1. The van der Waals surface area contributed by atoms with Gasteiger partial charge in [0, 0.05) is 0 Å². The van der Waals surface area contributed by atoms with Crippen LogP contribution in [-0.2, 0) is 9.53 Å². The summed E-state index contributed by atoms with van der Waals surface area (Å²) < 4.78 is 4.94. The molecular weight excluding hydrogens is 249 g/mol. The van der Waals surface area contributed by atoms with Crippen molar-refractivity contribution in [3.63, 3.8) is 0 Å². The monoisotopic (exact) mass is 269 g/mol. The molecule has 1 amide bonds. The van der Waals surface area contributed by atoms with Gasteiger partial charge in [-0.05, 0) is 26.2 Å². The molecule has 0 fully saturated rings. The van der Waals surface area contributed by atoms with Gasteiger partial charge in [-0.25, -0.2) is 9.59 Å². The van der Waals surface area contributed by atoms with Crippen LogP contribution in [0.15, 0.2) is 0 Å². The third-order valence-corrected chi connectivity index (χ3v) is 2.06. The zero-order valence-corrected chi connectivity index (χ0v) is 13.9. The summed E-state index contributed by atoms with van der Waals surface area (Å²) in [6, 6.07) is -1.27. The number of carboxylic acids is 1. The first kappa shape index (κ1) is 20.0. The van der Waals surface area contributed by atoms with E-state index >= 15 is 0 Å². The van der Waals surface area contributed by atoms with Crippen LogP contribution in [-0.4, -0.2) is 35.4 Å². The van der Waals surface area contributed by atoms with E-state index < -0.39 is 35.7 Å². The Bertz CT molecular complexity index is 298. The fourth-order valence-corrected chi connectivity index (χ4v) is 1.10. The van der Waals surface area contributed by atoms with Crippen molar-refractivity contribution in [1.29, 1.82) is 0 Å². The number of alkyl carbamates (subject to hydrolysis) is 1. The Balaban J connectivity index is 0. The first-order valence-corrected chi connectivity index (χ1v) is 5.30. The maximum Gasteiger partial charge on any atom is 1.00 e. The third kappa shape index (κ3) is 7.20. The van der Waals surface area contributed by atoms with Gasteiger partial charge in [-0.3, -0.25) is 0 Å². The van der Waals surface area contributed by atoms with E-state index in [-0.39, 0.29) is 29.6 Å². The molecule has 0 aromatic heterocycles. The van der Waals surface area contributed by atoms with Crippen molar-refractivity contribution in [2.45, 2.75) is 46.3 Å². The molecule has 0 heterocycles. The minimum Gasteiger partial charge on any atom is -0.854 e. The maximum absolute atomic E-state index is 11.4. The molecule has 18 heavy (non-hydrogen) atoms. The molecule has 0 aliphatic rings. The van der Waals surface area contributed by atoms with Crippen LogP contribution in [0.5, 0.6) is 0 Å². The second-order valence-corrected chi connectivity index (χ2v) is 5.55. The first-order chi connectivity index (χ1) is 7.49. The van der Waals surface area contributed by atoms with E-state index in [0.29, 0.717) is 0 Å². The average molecular weight is 269 g/mol. The van der Waals surface area contributed by atoms with Crippen molar-refractivity contribution in [2.24, 2.45) is 5.41 Å². The van der Waals surface area contributed by atoms with Crippen LogP contribution in [0.1, 0.15) is 34.6 Å². The second kappa shape index (κ2) is 7.33. The zero-order valence-electron chi connectivity index (χ0n) is 11.9. The molecule has 1 atom stereocenters. The molecule has 100 valence electrons. The van der Waals surface area contributed by atoms with Gasteiger partial charge in [0.2, 0.25) is 0 Å². The van der Waals surface area contributed by atoms with Crippen molar-refractivity contribution in [3.8, 4) is 0 Å². The standard InChI is InChI=1S/C11H20NO5.Na/c1-10(2,3)17-9(16)12-7(8(14)15)11(4,5)6-13;/h7H,6H2,1-5H3,(H,12,16)(H,14,15);/q-1;+1/t7-;/m1./s1. The van der Waals surface area contributed by atoms with E-state index in [1.165, 1.54) is 13.8 Å². The number of carboxylic acid groups (broad SMARTS) is 1. The number of hydrogen-bond donors (Lipinski definition) is 2. The normalized spacial score (nSPS) is 13.2. The predicted octanol–water partition coefficient (Wildman–Crippen LogP) is -2.65. The van der Waals surface area contributed by atoms with E-state index in [9.17, 15) is 14.7 Å². The summed E-state index contributed by atoms with van der Waals surface area (Å²) in [7, 11) is 0. The topological polar surface area (TPSA) is 98.7 Å². The first-order valence-electron chi connectivity index (χ1n) is 5.30. The number of ether oxygens (including phenoxy) is 1. The summed E-state index contributed by atoms with van der Waals surface area (Å²) in [5.74, 6) is -1.25. The molecule has 0 saturated carbocycles. The maximum atomic E-state index is 11.4. The van der Waals surface area contributed by atoms with E-state index in [0.717, 1.165) is 0 Å².